The number of H-pyrrole nitrogens is 1. The van der Waals surface area contributed by atoms with Crippen molar-refractivity contribution in [3.05, 3.63) is 65.9 Å². The molecule has 0 saturated carbocycles. The Morgan fingerprint density at radius 2 is 2.35 bits per heavy atom. The van der Waals surface area contributed by atoms with E-state index < -0.39 is 0 Å². The van der Waals surface area contributed by atoms with E-state index in [0.29, 0.717) is 22.6 Å². The third-order valence-electron chi connectivity index (χ3n) is 3.07. The summed E-state index contributed by atoms with van der Waals surface area (Å²) in [6.45, 7) is 0.152. The molecule has 2 heterocycles. The van der Waals surface area contributed by atoms with Crippen molar-refractivity contribution in [2.24, 2.45) is 0 Å². The fourth-order valence-corrected chi connectivity index (χ4v) is 1.97. The van der Waals surface area contributed by atoms with E-state index in [9.17, 15) is 4.79 Å². The van der Waals surface area contributed by atoms with Gasteiger partial charge in [0.15, 0.2) is 5.76 Å². The van der Waals surface area contributed by atoms with Gasteiger partial charge in [-0.1, -0.05) is 6.07 Å². The molecule has 23 heavy (non-hydrogen) atoms. The third-order valence-corrected chi connectivity index (χ3v) is 3.07. The zero-order chi connectivity index (χ0) is 16.1. The Morgan fingerprint density at radius 3 is 3.13 bits per heavy atom. The van der Waals surface area contributed by atoms with Crippen LogP contribution in [0.3, 0.4) is 0 Å². The molecule has 0 spiro atoms. The molecule has 0 aliphatic carbocycles. The second kappa shape index (κ2) is 6.49. The Balaban J connectivity index is 1.68. The van der Waals surface area contributed by atoms with E-state index in [1.807, 2.05) is 6.07 Å². The summed E-state index contributed by atoms with van der Waals surface area (Å²) in [6, 6.07) is 10.5. The van der Waals surface area contributed by atoms with Crippen molar-refractivity contribution in [3.63, 3.8) is 0 Å². The molecule has 0 bridgehead atoms. The number of rotatable bonds is 5. The standard InChI is InChI=1S/C16H12N4O3/c17-7-11-2-1-3-14(6-11)23-10-12-4-5-22-15(12)16(21)20-13-8-18-19-9-13/h1-6,8-9H,10H2,(H,18,19)(H,20,21). The molecule has 3 rings (SSSR count). The predicted octanol–water partition coefficient (Wildman–Crippen LogP) is 2.71. The summed E-state index contributed by atoms with van der Waals surface area (Å²) in [5.41, 5.74) is 1.65. The van der Waals surface area contributed by atoms with Gasteiger partial charge in [0.25, 0.3) is 5.91 Å². The van der Waals surface area contributed by atoms with Gasteiger partial charge in [-0.05, 0) is 24.3 Å². The summed E-state index contributed by atoms with van der Waals surface area (Å²) in [5.74, 6) is 0.329. The molecule has 0 aliphatic rings. The molecule has 0 unspecified atom stereocenters. The van der Waals surface area contributed by atoms with Crippen LogP contribution in [0.5, 0.6) is 5.75 Å². The van der Waals surface area contributed by atoms with Crippen LogP contribution in [0.25, 0.3) is 0 Å². The number of aromatic amines is 1. The zero-order valence-electron chi connectivity index (χ0n) is 11.9. The summed E-state index contributed by atoms with van der Waals surface area (Å²) in [5, 5.41) is 17.9. The van der Waals surface area contributed by atoms with Crippen molar-refractivity contribution >= 4 is 11.6 Å². The Bertz CT molecular complexity index is 846. The van der Waals surface area contributed by atoms with E-state index in [-0.39, 0.29) is 18.3 Å². The highest BCUT2D eigenvalue weighted by atomic mass is 16.5. The van der Waals surface area contributed by atoms with Gasteiger partial charge >= 0.3 is 0 Å². The molecular weight excluding hydrogens is 296 g/mol. The number of carbonyl (C=O) groups is 1. The first-order valence-corrected chi connectivity index (χ1v) is 6.76. The van der Waals surface area contributed by atoms with Crippen LogP contribution in [0, 0.1) is 11.3 Å². The topological polar surface area (TPSA) is 104 Å². The second-order valence-electron chi connectivity index (χ2n) is 4.64. The predicted molar refractivity (Wildman–Crippen MR) is 80.7 cm³/mol. The molecule has 1 aromatic carbocycles. The molecule has 2 aromatic heterocycles. The molecule has 0 atom stereocenters. The second-order valence-corrected chi connectivity index (χ2v) is 4.64. The number of hydrogen-bond acceptors (Lipinski definition) is 5. The van der Waals surface area contributed by atoms with Gasteiger partial charge in [-0.2, -0.15) is 10.4 Å². The molecule has 2 N–H and O–H groups in total. The average molecular weight is 308 g/mol. The molecule has 0 fully saturated rings. The smallest absolute Gasteiger partial charge is 0.291 e. The summed E-state index contributed by atoms with van der Waals surface area (Å²) >= 11 is 0. The van der Waals surface area contributed by atoms with Crippen LogP contribution in [0.4, 0.5) is 5.69 Å². The van der Waals surface area contributed by atoms with E-state index in [4.69, 9.17) is 14.4 Å². The van der Waals surface area contributed by atoms with Crippen LogP contribution < -0.4 is 10.1 Å². The van der Waals surface area contributed by atoms with Crippen LogP contribution in [0.2, 0.25) is 0 Å². The first-order chi connectivity index (χ1) is 11.3. The molecule has 0 aliphatic heterocycles. The number of nitrogens with zero attached hydrogens (tertiary/aromatic N) is 2. The van der Waals surface area contributed by atoms with E-state index >= 15 is 0 Å². The molecular formula is C16H12N4O3. The molecule has 114 valence electrons. The lowest BCUT2D eigenvalue weighted by molar-refractivity contribution is 0.0993. The van der Waals surface area contributed by atoms with Crippen LogP contribution in [-0.2, 0) is 6.61 Å². The van der Waals surface area contributed by atoms with Crippen molar-refractivity contribution in [1.29, 1.82) is 5.26 Å². The molecule has 0 radical (unpaired) electrons. The summed E-state index contributed by atoms with van der Waals surface area (Å²) in [7, 11) is 0. The number of furan rings is 1. The first kappa shape index (κ1) is 14.4. The number of hydrogen-bond donors (Lipinski definition) is 2. The molecule has 0 saturated heterocycles. The molecule has 1 amide bonds. The van der Waals surface area contributed by atoms with Crippen LogP contribution in [-0.4, -0.2) is 16.1 Å². The van der Waals surface area contributed by atoms with E-state index in [1.165, 1.54) is 12.5 Å². The van der Waals surface area contributed by atoms with Crippen LogP contribution in [0.1, 0.15) is 21.7 Å². The number of benzene rings is 1. The fraction of sp³-hybridized carbons (Fsp3) is 0.0625. The minimum absolute atomic E-state index is 0.152. The van der Waals surface area contributed by atoms with Gasteiger partial charge in [-0.3, -0.25) is 9.89 Å². The highest BCUT2D eigenvalue weighted by molar-refractivity contribution is 6.03. The van der Waals surface area contributed by atoms with Gasteiger partial charge in [-0.25, -0.2) is 0 Å². The van der Waals surface area contributed by atoms with Gasteiger partial charge in [0.1, 0.15) is 12.4 Å². The summed E-state index contributed by atoms with van der Waals surface area (Å²) in [4.78, 5) is 12.2. The van der Waals surface area contributed by atoms with Crippen molar-refractivity contribution in [2.75, 3.05) is 5.32 Å². The lowest BCUT2D eigenvalue weighted by Gasteiger charge is -2.06. The van der Waals surface area contributed by atoms with Crippen molar-refractivity contribution in [2.45, 2.75) is 6.61 Å². The lowest BCUT2D eigenvalue weighted by atomic mass is 10.2. The maximum absolute atomic E-state index is 12.2. The highest BCUT2D eigenvalue weighted by Crippen LogP contribution is 2.18. The number of amides is 1. The van der Waals surface area contributed by atoms with Crippen LogP contribution >= 0.6 is 0 Å². The quantitative estimate of drug-likeness (QED) is 0.754. The van der Waals surface area contributed by atoms with Crippen molar-refractivity contribution < 1.29 is 13.9 Å². The van der Waals surface area contributed by atoms with E-state index in [2.05, 4.69) is 15.5 Å². The Hall–Kier alpha value is -3.53. The van der Waals surface area contributed by atoms with Gasteiger partial charge in [0, 0.05) is 11.8 Å². The zero-order valence-corrected chi connectivity index (χ0v) is 11.9. The Labute approximate surface area is 131 Å². The lowest BCUT2D eigenvalue weighted by Crippen LogP contribution is -2.13. The van der Waals surface area contributed by atoms with Crippen LogP contribution in [0.15, 0.2) is 53.4 Å². The Kier molecular flexibility index (Phi) is 4.07. The number of nitriles is 1. The maximum atomic E-state index is 12.2. The van der Waals surface area contributed by atoms with Crippen molar-refractivity contribution in [3.8, 4) is 11.8 Å². The number of ether oxygens (including phenoxy) is 1. The monoisotopic (exact) mass is 308 g/mol. The van der Waals surface area contributed by atoms with Gasteiger partial charge in [0.2, 0.25) is 0 Å². The number of anilines is 1. The third kappa shape index (κ3) is 3.39. The normalized spacial score (nSPS) is 10.0. The van der Waals surface area contributed by atoms with E-state index in [0.717, 1.165) is 0 Å². The highest BCUT2D eigenvalue weighted by Gasteiger charge is 2.16. The minimum Gasteiger partial charge on any atom is -0.489 e. The number of carbonyl (C=O) groups excluding carboxylic acids is 1. The van der Waals surface area contributed by atoms with Gasteiger partial charge < -0.3 is 14.5 Å². The SMILES string of the molecule is N#Cc1cccc(OCc2ccoc2C(=O)Nc2cn[nH]c2)c1. The summed E-state index contributed by atoms with van der Waals surface area (Å²) in [6.07, 6.45) is 4.48. The summed E-state index contributed by atoms with van der Waals surface area (Å²) < 4.78 is 10.8. The average Bonchev–Trinajstić information content (AvgIpc) is 3.24. The largest absolute Gasteiger partial charge is 0.489 e. The maximum Gasteiger partial charge on any atom is 0.291 e. The number of aromatic nitrogens is 2. The molecule has 7 heteroatoms. The molecule has 3 aromatic rings. The fourth-order valence-electron chi connectivity index (χ4n) is 1.97. The molecule has 7 nitrogen and oxygen atoms in total. The number of nitrogens with one attached hydrogen (secondary N) is 2. The van der Waals surface area contributed by atoms with Crippen molar-refractivity contribution in [1.82, 2.24) is 10.2 Å². The van der Waals surface area contributed by atoms with Gasteiger partial charge in [-0.15, -0.1) is 0 Å². The Morgan fingerprint density at radius 1 is 1.43 bits per heavy atom. The first-order valence-electron chi connectivity index (χ1n) is 6.76. The van der Waals surface area contributed by atoms with Gasteiger partial charge in [0.05, 0.1) is 29.8 Å². The van der Waals surface area contributed by atoms with E-state index in [1.54, 1.807) is 36.5 Å². The minimum atomic E-state index is -0.388.